The number of rotatable bonds is 5. The van der Waals surface area contributed by atoms with Crippen molar-refractivity contribution in [1.29, 1.82) is 0 Å². The highest BCUT2D eigenvalue weighted by atomic mass is 35.5. The van der Waals surface area contributed by atoms with Crippen LogP contribution >= 0.6 is 23.2 Å². The van der Waals surface area contributed by atoms with Crippen molar-refractivity contribution in [1.82, 2.24) is 9.97 Å². The first-order chi connectivity index (χ1) is 11.6. The largest absolute Gasteiger partial charge is 0.496 e. The standard InChI is InChI=1S/C17H19Cl2N3O2/c1-23-15-3-2-12(18)8-13(15)17(4-6-24-7-5-17)10-21-16-14(19)9-20-11-22-16/h2-3,8-9,11H,4-7,10H2,1H3,(H,20,21,22). The molecule has 0 unspecified atom stereocenters. The Morgan fingerprint density at radius 1 is 1.29 bits per heavy atom. The zero-order valence-electron chi connectivity index (χ0n) is 13.4. The van der Waals surface area contributed by atoms with Crippen LogP contribution in [0.3, 0.4) is 0 Å². The first-order valence-electron chi connectivity index (χ1n) is 7.76. The number of anilines is 1. The quantitative estimate of drug-likeness (QED) is 0.866. The lowest BCUT2D eigenvalue weighted by molar-refractivity contribution is 0.0535. The van der Waals surface area contributed by atoms with Crippen molar-refractivity contribution >= 4 is 29.0 Å². The van der Waals surface area contributed by atoms with E-state index in [1.54, 1.807) is 13.3 Å². The first kappa shape index (κ1) is 17.3. The van der Waals surface area contributed by atoms with Crippen LogP contribution < -0.4 is 10.1 Å². The van der Waals surface area contributed by atoms with Crippen molar-refractivity contribution in [2.75, 3.05) is 32.2 Å². The van der Waals surface area contributed by atoms with Gasteiger partial charge in [-0.25, -0.2) is 9.97 Å². The molecular formula is C17H19Cl2N3O2. The lowest BCUT2D eigenvalue weighted by atomic mass is 9.73. The Morgan fingerprint density at radius 3 is 2.79 bits per heavy atom. The molecule has 2 aromatic rings. The number of methoxy groups -OCH3 is 1. The van der Waals surface area contributed by atoms with Crippen LogP contribution in [0.5, 0.6) is 5.75 Å². The van der Waals surface area contributed by atoms with Gasteiger partial charge in [0.25, 0.3) is 0 Å². The summed E-state index contributed by atoms with van der Waals surface area (Å²) in [6.45, 7) is 2.04. The topological polar surface area (TPSA) is 56.3 Å². The number of hydrogen-bond acceptors (Lipinski definition) is 5. The molecule has 7 heteroatoms. The van der Waals surface area contributed by atoms with Gasteiger partial charge in [-0.15, -0.1) is 0 Å². The summed E-state index contributed by atoms with van der Waals surface area (Å²) < 4.78 is 11.1. The van der Waals surface area contributed by atoms with Gasteiger partial charge in [0.1, 0.15) is 22.9 Å². The van der Waals surface area contributed by atoms with Crippen molar-refractivity contribution < 1.29 is 9.47 Å². The molecule has 2 heterocycles. The summed E-state index contributed by atoms with van der Waals surface area (Å²) in [5.41, 5.74) is 0.918. The normalized spacial score (nSPS) is 16.6. The Labute approximate surface area is 151 Å². The Hall–Kier alpha value is -1.56. The average Bonchev–Trinajstić information content (AvgIpc) is 2.62. The highest BCUT2D eigenvalue weighted by Crippen LogP contribution is 2.41. The van der Waals surface area contributed by atoms with Gasteiger partial charge >= 0.3 is 0 Å². The van der Waals surface area contributed by atoms with Crippen LogP contribution in [0.4, 0.5) is 5.82 Å². The first-order valence-corrected chi connectivity index (χ1v) is 8.51. The van der Waals surface area contributed by atoms with Crippen LogP contribution in [0, 0.1) is 0 Å². The van der Waals surface area contributed by atoms with Crippen molar-refractivity contribution in [3.8, 4) is 5.75 Å². The van der Waals surface area contributed by atoms with Crippen LogP contribution in [0.2, 0.25) is 10.0 Å². The van der Waals surface area contributed by atoms with Crippen molar-refractivity contribution in [2.45, 2.75) is 18.3 Å². The molecule has 3 rings (SSSR count). The maximum Gasteiger partial charge on any atom is 0.148 e. The summed E-state index contributed by atoms with van der Waals surface area (Å²) in [5, 5.41) is 4.54. The molecule has 1 fully saturated rings. The average molecular weight is 368 g/mol. The molecule has 1 aromatic carbocycles. The number of nitrogens with zero attached hydrogens (tertiary/aromatic N) is 2. The summed E-state index contributed by atoms with van der Waals surface area (Å²) in [6.07, 6.45) is 4.77. The molecular weight excluding hydrogens is 349 g/mol. The Morgan fingerprint density at radius 2 is 2.08 bits per heavy atom. The molecule has 0 atom stereocenters. The van der Waals surface area contributed by atoms with Gasteiger partial charge in [-0.2, -0.15) is 0 Å². The monoisotopic (exact) mass is 367 g/mol. The Kier molecular flexibility index (Phi) is 5.43. The third-order valence-electron chi connectivity index (χ3n) is 4.44. The minimum absolute atomic E-state index is 0.164. The smallest absolute Gasteiger partial charge is 0.148 e. The van der Waals surface area contributed by atoms with E-state index in [0.717, 1.165) is 24.2 Å². The van der Waals surface area contributed by atoms with E-state index in [1.165, 1.54) is 6.33 Å². The van der Waals surface area contributed by atoms with Crippen LogP contribution in [0.15, 0.2) is 30.7 Å². The fraction of sp³-hybridized carbons (Fsp3) is 0.412. The predicted octanol–water partition coefficient (Wildman–Crippen LogP) is 3.95. The SMILES string of the molecule is COc1ccc(Cl)cc1C1(CNc2ncncc2Cl)CCOCC1. The van der Waals surface area contributed by atoms with E-state index in [9.17, 15) is 0 Å². The molecule has 1 aliphatic rings. The minimum atomic E-state index is -0.164. The zero-order valence-corrected chi connectivity index (χ0v) is 14.9. The van der Waals surface area contributed by atoms with E-state index < -0.39 is 0 Å². The molecule has 1 N–H and O–H groups in total. The lowest BCUT2D eigenvalue weighted by Crippen LogP contribution is -2.40. The molecule has 0 amide bonds. The molecule has 24 heavy (non-hydrogen) atoms. The van der Waals surface area contributed by atoms with Gasteiger partial charge in [0.2, 0.25) is 0 Å². The predicted molar refractivity (Wildman–Crippen MR) is 95.3 cm³/mol. The zero-order chi connectivity index (χ0) is 17.0. The lowest BCUT2D eigenvalue weighted by Gasteiger charge is -2.39. The minimum Gasteiger partial charge on any atom is -0.496 e. The molecule has 1 aliphatic heterocycles. The second kappa shape index (κ2) is 7.55. The van der Waals surface area contributed by atoms with Crippen LogP contribution in [0.25, 0.3) is 0 Å². The van der Waals surface area contributed by atoms with E-state index in [1.807, 2.05) is 18.2 Å². The highest BCUT2D eigenvalue weighted by Gasteiger charge is 2.37. The molecule has 0 radical (unpaired) electrons. The second-order valence-electron chi connectivity index (χ2n) is 5.81. The number of nitrogens with one attached hydrogen (secondary N) is 1. The number of ether oxygens (including phenoxy) is 2. The van der Waals surface area contributed by atoms with Crippen molar-refractivity contribution in [3.05, 3.63) is 46.3 Å². The van der Waals surface area contributed by atoms with E-state index in [-0.39, 0.29) is 5.41 Å². The van der Waals surface area contributed by atoms with Gasteiger partial charge in [0.05, 0.1) is 13.3 Å². The third kappa shape index (κ3) is 3.58. The van der Waals surface area contributed by atoms with E-state index in [4.69, 9.17) is 32.7 Å². The molecule has 1 saturated heterocycles. The summed E-state index contributed by atoms with van der Waals surface area (Å²) in [5.74, 6) is 1.45. The Balaban J connectivity index is 1.93. The fourth-order valence-electron chi connectivity index (χ4n) is 3.09. The van der Waals surface area contributed by atoms with Crippen molar-refractivity contribution in [3.63, 3.8) is 0 Å². The fourth-order valence-corrected chi connectivity index (χ4v) is 3.44. The third-order valence-corrected chi connectivity index (χ3v) is 4.96. The molecule has 0 bridgehead atoms. The number of halogens is 2. The van der Waals surface area contributed by atoms with E-state index in [0.29, 0.717) is 35.6 Å². The number of aromatic nitrogens is 2. The summed E-state index contributed by atoms with van der Waals surface area (Å²) >= 11 is 12.4. The van der Waals surface area contributed by atoms with Gasteiger partial charge < -0.3 is 14.8 Å². The summed E-state index contributed by atoms with van der Waals surface area (Å²) in [7, 11) is 1.68. The molecule has 128 valence electrons. The van der Waals surface area contributed by atoms with Gasteiger partial charge in [0.15, 0.2) is 0 Å². The van der Waals surface area contributed by atoms with Crippen LogP contribution in [0.1, 0.15) is 18.4 Å². The summed E-state index contributed by atoms with van der Waals surface area (Å²) in [6, 6.07) is 5.73. The summed E-state index contributed by atoms with van der Waals surface area (Å²) in [4.78, 5) is 8.12. The number of hydrogen-bond donors (Lipinski definition) is 1. The van der Waals surface area contributed by atoms with Gasteiger partial charge in [-0.05, 0) is 31.0 Å². The van der Waals surface area contributed by atoms with Gasteiger partial charge in [0, 0.05) is 35.8 Å². The van der Waals surface area contributed by atoms with Gasteiger partial charge in [-0.1, -0.05) is 23.2 Å². The number of benzene rings is 1. The molecule has 0 aliphatic carbocycles. The van der Waals surface area contributed by atoms with Gasteiger partial charge in [-0.3, -0.25) is 0 Å². The van der Waals surface area contributed by atoms with Crippen LogP contribution in [-0.4, -0.2) is 36.8 Å². The molecule has 0 spiro atoms. The maximum atomic E-state index is 6.25. The highest BCUT2D eigenvalue weighted by molar-refractivity contribution is 6.32. The molecule has 1 aromatic heterocycles. The Bertz CT molecular complexity index is 706. The molecule has 0 saturated carbocycles. The van der Waals surface area contributed by atoms with Crippen LogP contribution in [-0.2, 0) is 10.2 Å². The van der Waals surface area contributed by atoms with E-state index in [2.05, 4.69) is 15.3 Å². The molecule has 5 nitrogen and oxygen atoms in total. The maximum absolute atomic E-state index is 6.25. The van der Waals surface area contributed by atoms with E-state index >= 15 is 0 Å². The second-order valence-corrected chi connectivity index (χ2v) is 6.65. The van der Waals surface area contributed by atoms with Crippen molar-refractivity contribution in [2.24, 2.45) is 0 Å².